The van der Waals surface area contributed by atoms with Crippen LogP contribution in [-0.2, 0) is 6.61 Å². The summed E-state index contributed by atoms with van der Waals surface area (Å²) in [5, 5.41) is 9.60. The van der Waals surface area contributed by atoms with Crippen molar-refractivity contribution in [1.82, 2.24) is 0 Å². The van der Waals surface area contributed by atoms with E-state index in [0.717, 1.165) is 21.3 Å². The Morgan fingerprint density at radius 2 is 1.89 bits per heavy atom. The van der Waals surface area contributed by atoms with Crippen molar-refractivity contribution >= 4 is 27.5 Å². The summed E-state index contributed by atoms with van der Waals surface area (Å²) in [5.41, 5.74) is 1.82. The molecule has 0 fully saturated rings. The summed E-state index contributed by atoms with van der Waals surface area (Å²) in [7, 11) is 0. The van der Waals surface area contributed by atoms with Crippen LogP contribution in [0, 0.1) is 6.92 Å². The fourth-order valence-electron chi connectivity index (χ4n) is 1.60. The number of aliphatic hydroxyl groups excluding tert-OH is 1. The van der Waals surface area contributed by atoms with Gasteiger partial charge in [-0.1, -0.05) is 39.7 Å². The van der Waals surface area contributed by atoms with Gasteiger partial charge in [-0.25, -0.2) is 0 Å². The molecule has 94 valence electrons. The largest absolute Gasteiger partial charge is 0.456 e. The van der Waals surface area contributed by atoms with E-state index in [2.05, 4.69) is 15.9 Å². The van der Waals surface area contributed by atoms with Crippen LogP contribution in [-0.4, -0.2) is 5.11 Å². The molecule has 1 N–H and O–H groups in total. The molecule has 0 unspecified atom stereocenters. The highest BCUT2D eigenvalue weighted by molar-refractivity contribution is 9.10. The van der Waals surface area contributed by atoms with Crippen molar-refractivity contribution < 1.29 is 9.84 Å². The van der Waals surface area contributed by atoms with Gasteiger partial charge in [0.1, 0.15) is 11.5 Å². The first kappa shape index (κ1) is 13.4. The second-order valence-electron chi connectivity index (χ2n) is 3.93. The Balaban J connectivity index is 2.28. The van der Waals surface area contributed by atoms with Crippen molar-refractivity contribution in [3.8, 4) is 11.5 Å². The fourth-order valence-corrected chi connectivity index (χ4v) is 2.31. The Hall–Kier alpha value is -1.03. The predicted octanol–water partition coefficient (Wildman–Crippen LogP) is 4.70. The molecule has 0 aliphatic heterocycles. The van der Waals surface area contributed by atoms with Gasteiger partial charge >= 0.3 is 0 Å². The Morgan fingerprint density at radius 3 is 2.50 bits per heavy atom. The van der Waals surface area contributed by atoms with E-state index in [4.69, 9.17) is 21.4 Å². The average Bonchev–Trinajstić information content (AvgIpc) is 2.34. The van der Waals surface area contributed by atoms with Gasteiger partial charge in [0.15, 0.2) is 0 Å². The molecule has 0 heterocycles. The molecule has 2 aromatic carbocycles. The molecular formula is C14H12BrClO2. The third-order valence-electron chi connectivity index (χ3n) is 2.54. The van der Waals surface area contributed by atoms with Crippen molar-refractivity contribution in [3.05, 3.63) is 57.0 Å². The standard InChI is InChI=1S/C14H12BrClO2/c1-9-6-10(8-17)2-4-13(9)18-14-5-3-11(15)7-12(14)16/h2-7,17H,8H2,1H3. The minimum atomic E-state index is 0.0279. The molecule has 0 radical (unpaired) electrons. The van der Waals surface area contributed by atoms with E-state index in [1.54, 1.807) is 6.07 Å². The van der Waals surface area contributed by atoms with Gasteiger partial charge in [-0.15, -0.1) is 0 Å². The normalized spacial score (nSPS) is 10.4. The molecule has 2 rings (SSSR count). The number of aliphatic hydroxyl groups is 1. The molecule has 0 aliphatic rings. The second kappa shape index (κ2) is 5.74. The van der Waals surface area contributed by atoms with Crippen LogP contribution < -0.4 is 4.74 Å². The highest BCUT2D eigenvalue weighted by Gasteiger charge is 2.06. The Morgan fingerprint density at radius 1 is 1.17 bits per heavy atom. The van der Waals surface area contributed by atoms with Gasteiger partial charge in [-0.05, 0) is 42.3 Å². The van der Waals surface area contributed by atoms with E-state index in [9.17, 15) is 0 Å². The van der Waals surface area contributed by atoms with Crippen molar-refractivity contribution in [2.75, 3.05) is 0 Å². The van der Waals surface area contributed by atoms with Crippen LogP contribution in [0.15, 0.2) is 40.9 Å². The lowest BCUT2D eigenvalue weighted by molar-refractivity contribution is 0.281. The van der Waals surface area contributed by atoms with Gasteiger partial charge in [-0.3, -0.25) is 0 Å². The molecule has 18 heavy (non-hydrogen) atoms. The van der Waals surface area contributed by atoms with Gasteiger partial charge in [0.2, 0.25) is 0 Å². The first-order chi connectivity index (χ1) is 8.60. The highest BCUT2D eigenvalue weighted by atomic mass is 79.9. The van der Waals surface area contributed by atoms with E-state index in [-0.39, 0.29) is 6.61 Å². The molecule has 0 saturated heterocycles. The van der Waals surface area contributed by atoms with Gasteiger partial charge in [0, 0.05) is 4.47 Å². The number of hydrogen-bond acceptors (Lipinski definition) is 2. The van der Waals surface area contributed by atoms with E-state index >= 15 is 0 Å². The third-order valence-corrected chi connectivity index (χ3v) is 3.32. The third kappa shape index (κ3) is 3.05. The number of benzene rings is 2. The molecule has 0 saturated carbocycles. The summed E-state index contributed by atoms with van der Waals surface area (Å²) >= 11 is 9.44. The lowest BCUT2D eigenvalue weighted by Crippen LogP contribution is -1.91. The lowest BCUT2D eigenvalue weighted by atomic mass is 10.1. The fraction of sp³-hybridized carbons (Fsp3) is 0.143. The van der Waals surface area contributed by atoms with Crippen LogP contribution in [0.4, 0.5) is 0 Å². The minimum Gasteiger partial charge on any atom is -0.456 e. The second-order valence-corrected chi connectivity index (χ2v) is 5.26. The number of aryl methyl sites for hydroxylation is 1. The van der Waals surface area contributed by atoms with E-state index in [1.165, 1.54) is 0 Å². The van der Waals surface area contributed by atoms with Crippen LogP contribution in [0.5, 0.6) is 11.5 Å². The quantitative estimate of drug-likeness (QED) is 0.885. The van der Waals surface area contributed by atoms with E-state index < -0.39 is 0 Å². The maximum Gasteiger partial charge on any atom is 0.146 e. The maximum absolute atomic E-state index is 9.05. The van der Waals surface area contributed by atoms with Crippen LogP contribution in [0.2, 0.25) is 5.02 Å². The number of ether oxygens (including phenoxy) is 1. The summed E-state index contributed by atoms with van der Waals surface area (Å²) in [4.78, 5) is 0. The molecule has 0 amide bonds. The molecule has 2 aromatic rings. The van der Waals surface area contributed by atoms with Gasteiger partial charge in [0.25, 0.3) is 0 Å². The van der Waals surface area contributed by atoms with Crippen molar-refractivity contribution in [2.45, 2.75) is 13.5 Å². The molecule has 4 heteroatoms. The first-order valence-electron chi connectivity index (χ1n) is 5.43. The zero-order chi connectivity index (χ0) is 13.1. The minimum absolute atomic E-state index is 0.0279. The molecule has 0 spiro atoms. The molecule has 0 aromatic heterocycles. The van der Waals surface area contributed by atoms with Crippen LogP contribution in [0.25, 0.3) is 0 Å². The van der Waals surface area contributed by atoms with Gasteiger partial charge in [-0.2, -0.15) is 0 Å². The average molecular weight is 328 g/mol. The van der Waals surface area contributed by atoms with Crippen molar-refractivity contribution in [3.63, 3.8) is 0 Å². The van der Waals surface area contributed by atoms with E-state index in [0.29, 0.717) is 10.8 Å². The van der Waals surface area contributed by atoms with Crippen molar-refractivity contribution in [1.29, 1.82) is 0 Å². The summed E-state index contributed by atoms with van der Waals surface area (Å²) < 4.78 is 6.67. The van der Waals surface area contributed by atoms with Crippen molar-refractivity contribution in [2.24, 2.45) is 0 Å². The van der Waals surface area contributed by atoms with Crippen LogP contribution in [0.3, 0.4) is 0 Å². The Kier molecular flexibility index (Phi) is 4.27. The molecule has 0 bridgehead atoms. The number of rotatable bonds is 3. The lowest BCUT2D eigenvalue weighted by Gasteiger charge is -2.11. The topological polar surface area (TPSA) is 29.5 Å². The van der Waals surface area contributed by atoms with E-state index in [1.807, 2.05) is 37.3 Å². The SMILES string of the molecule is Cc1cc(CO)ccc1Oc1ccc(Br)cc1Cl. The smallest absolute Gasteiger partial charge is 0.146 e. The monoisotopic (exact) mass is 326 g/mol. The van der Waals surface area contributed by atoms with Gasteiger partial charge < -0.3 is 9.84 Å². The summed E-state index contributed by atoms with van der Waals surface area (Å²) in [6.07, 6.45) is 0. The van der Waals surface area contributed by atoms with Crippen LogP contribution in [0.1, 0.15) is 11.1 Å². The van der Waals surface area contributed by atoms with Crippen LogP contribution >= 0.6 is 27.5 Å². The summed E-state index contributed by atoms with van der Waals surface area (Å²) in [6.45, 7) is 1.96. The predicted molar refractivity (Wildman–Crippen MR) is 76.3 cm³/mol. The highest BCUT2D eigenvalue weighted by Crippen LogP contribution is 2.33. The first-order valence-corrected chi connectivity index (χ1v) is 6.60. The zero-order valence-corrected chi connectivity index (χ0v) is 12.1. The summed E-state index contributed by atoms with van der Waals surface area (Å²) in [6, 6.07) is 11.0. The van der Waals surface area contributed by atoms with Gasteiger partial charge in [0.05, 0.1) is 11.6 Å². The summed E-state index contributed by atoms with van der Waals surface area (Å²) in [5.74, 6) is 1.34. The molecule has 2 nitrogen and oxygen atoms in total. The number of hydrogen-bond donors (Lipinski definition) is 1. The molecule has 0 aliphatic carbocycles. The molecular weight excluding hydrogens is 316 g/mol. The molecule has 0 atom stereocenters. The number of halogens is 2. The maximum atomic E-state index is 9.05. The Labute approximate surface area is 119 Å². The Bertz CT molecular complexity index is 570. The zero-order valence-electron chi connectivity index (χ0n) is 9.78.